The van der Waals surface area contributed by atoms with E-state index in [1.165, 1.54) is 13.2 Å². The maximum Gasteiger partial charge on any atom is 0.328 e. The normalized spacial score (nSPS) is 10.6. The maximum absolute atomic E-state index is 10.5. The van der Waals surface area contributed by atoms with Gasteiger partial charge in [0.25, 0.3) is 0 Å². The van der Waals surface area contributed by atoms with Crippen LogP contribution < -0.4 is 9.47 Å². The SMILES string of the molecule is COc1cc(/C=C/C(=O)O)c(Br)cc1OCCO. The highest BCUT2D eigenvalue weighted by Crippen LogP contribution is 2.34. The van der Waals surface area contributed by atoms with Crippen molar-refractivity contribution in [3.05, 3.63) is 28.2 Å². The molecule has 1 aromatic rings. The number of aliphatic carboxylic acids is 1. The Kier molecular flexibility index (Phi) is 5.67. The van der Waals surface area contributed by atoms with Gasteiger partial charge < -0.3 is 19.7 Å². The number of hydrogen-bond acceptors (Lipinski definition) is 4. The molecule has 0 aromatic heterocycles. The van der Waals surface area contributed by atoms with Gasteiger partial charge in [0.05, 0.1) is 13.7 Å². The minimum atomic E-state index is -1.03. The molecule has 0 amide bonds. The Labute approximate surface area is 113 Å². The van der Waals surface area contributed by atoms with E-state index in [1.54, 1.807) is 12.1 Å². The zero-order valence-electron chi connectivity index (χ0n) is 9.72. The highest BCUT2D eigenvalue weighted by molar-refractivity contribution is 9.10. The molecule has 0 saturated carbocycles. The summed E-state index contributed by atoms with van der Waals surface area (Å²) in [6, 6.07) is 3.31. The first kappa shape index (κ1) is 14.5. The summed E-state index contributed by atoms with van der Waals surface area (Å²) >= 11 is 3.31. The van der Waals surface area contributed by atoms with Crippen molar-refractivity contribution in [2.45, 2.75) is 0 Å². The molecule has 5 nitrogen and oxygen atoms in total. The van der Waals surface area contributed by atoms with Crippen LogP contribution in [0.3, 0.4) is 0 Å². The minimum absolute atomic E-state index is 0.0958. The molecule has 0 aliphatic carbocycles. The number of ether oxygens (including phenoxy) is 2. The van der Waals surface area contributed by atoms with Crippen molar-refractivity contribution in [1.82, 2.24) is 0 Å². The van der Waals surface area contributed by atoms with E-state index in [4.69, 9.17) is 19.7 Å². The Hall–Kier alpha value is -1.53. The van der Waals surface area contributed by atoms with Gasteiger partial charge in [-0.25, -0.2) is 4.79 Å². The third-order valence-corrected chi connectivity index (χ3v) is 2.72. The summed E-state index contributed by atoms with van der Waals surface area (Å²) in [6.45, 7) is 0.0640. The summed E-state index contributed by atoms with van der Waals surface area (Å²) in [7, 11) is 1.49. The molecule has 0 aliphatic rings. The van der Waals surface area contributed by atoms with E-state index in [0.29, 0.717) is 21.5 Å². The van der Waals surface area contributed by atoms with Crippen molar-refractivity contribution in [3.8, 4) is 11.5 Å². The van der Waals surface area contributed by atoms with Crippen molar-refractivity contribution in [3.63, 3.8) is 0 Å². The molecule has 18 heavy (non-hydrogen) atoms. The van der Waals surface area contributed by atoms with Crippen LogP contribution in [0, 0.1) is 0 Å². The Morgan fingerprint density at radius 2 is 2.17 bits per heavy atom. The number of carbonyl (C=O) groups is 1. The van der Waals surface area contributed by atoms with E-state index in [0.717, 1.165) is 6.08 Å². The molecular formula is C12H13BrO5. The van der Waals surface area contributed by atoms with Gasteiger partial charge in [-0.15, -0.1) is 0 Å². The summed E-state index contributed by atoms with van der Waals surface area (Å²) in [6.07, 6.45) is 2.48. The molecule has 0 saturated heterocycles. The van der Waals surface area contributed by atoms with Gasteiger partial charge in [-0.2, -0.15) is 0 Å². The van der Waals surface area contributed by atoms with Crippen molar-refractivity contribution in [2.75, 3.05) is 20.3 Å². The number of aliphatic hydroxyl groups excluding tert-OH is 1. The highest BCUT2D eigenvalue weighted by Gasteiger charge is 2.09. The second-order valence-electron chi connectivity index (χ2n) is 3.27. The molecule has 0 heterocycles. The summed E-state index contributed by atoms with van der Waals surface area (Å²) in [5.41, 5.74) is 0.658. The fraction of sp³-hybridized carbons (Fsp3) is 0.250. The lowest BCUT2D eigenvalue weighted by Crippen LogP contribution is -2.03. The van der Waals surface area contributed by atoms with Crippen LogP contribution in [0.2, 0.25) is 0 Å². The molecule has 0 atom stereocenters. The molecule has 98 valence electrons. The third kappa shape index (κ3) is 4.05. The van der Waals surface area contributed by atoms with Crippen LogP contribution in [0.25, 0.3) is 6.08 Å². The fourth-order valence-corrected chi connectivity index (χ4v) is 1.72. The van der Waals surface area contributed by atoms with Crippen LogP contribution in [-0.4, -0.2) is 36.5 Å². The largest absolute Gasteiger partial charge is 0.493 e. The molecule has 6 heteroatoms. The topological polar surface area (TPSA) is 76.0 Å². The van der Waals surface area contributed by atoms with Gasteiger partial charge in [-0.3, -0.25) is 0 Å². The number of carboxylic acid groups (broad SMARTS) is 1. The molecule has 1 rings (SSSR count). The first-order chi connectivity index (χ1) is 8.58. The van der Waals surface area contributed by atoms with E-state index >= 15 is 0 Å². The monoisotopic (exact) mass is 316 g/mol. The number of benzene rings is 1. The standard InChI is InChI=1S/C12H13BrO5/c1-17-10-6-8(2-3-12(15)16)9(13)7-11(10)18-5-4-14/h2-3,6-7,14H,4-5H2,1H3,(H,15,16)/b3-2+. The Morgan fingerprint density at radius 1 is 1.44 bits per heavy atom. The number of halogens is 1. The number of hydrogen-bond donors (Lipinski definition) is 2. The van der Waals surface area contributed by atoms with Crippen LogP contribution in [-0.2, 0) is 4.79 Å². The van der Waals surface area contributed by atoms with Gasteiger partial charge in [0.2, 0.25) is 0 Å². The molecule has 0 aliphatic heterocycles. The lowest BCUT2D eigenvalue weighted by molar-refractivity contribution is -0.131. The van der Waals surface area contributed by atoms with E-state index in [1.807, 2.05) is 0 Å². The average Bonchev–Trinajstić information content (AvgIpc) is 2.34. The van der Waals surface area contributed by atoms with Crippen LogP contribution in [0.5, 0.6) is 11.5 Å². The van der Waals surface area contributed by atoms with Gasteiger partial charge in [0.15, 0.2) is 11.5 Å². The van der Waals surface area contributed by atoms with Crippen molar-refractivity contribution < 1.29 is 24.5 Å². The number of carboxylic acids is 1. The van der Waals surface area contributed by atoms with Gasteiger partial charge >= 0.3 is 5.97 Å². The molecule has 0 bridgehead atoms. The predicted molar refractivity (Wildman–Crippen MR) is 69.9 cm³/mol. The summed E-state index contributed by atoms with van der Waals surface area (Å²) in [5, 5.41) is 17.3. The first-order valence-corrected chi connectivity index (χ1v) is 5.90. The van der Waals surface area contributed by atoms with Crippen LogP contribution in [0.15, 0.2) is 22.7 Å². The van der Waals surface area contributed by atoms with E-state index < -0.39 is 5.97 Å². The Morgan fingerprint density at radius 3 is 2.72 bits per heavy atom. The predicted octanol–water partition coefficient (Wildman–Crippen LogP) is 1.93. The molecule has 0 unspecified atom stereocenters. The second kappa shape index (κ2) is 7.03. The lowest BCUT2D eigenvalue weighted by Gasteiger charge is -2.11. The van der Waals surface area contributed by atoms with Gasteiger partial charge in [-0.1, -0.05) is 15.9 Å². The number of methoxy groups -OCH3 is 1. The van der Waals surface area contributed by atoms with E-state index in [-0.39, 0.29) is 13.2 Å². The molecular weight excluding hydrogens is 304 g/mol. The van der Waals surface area contributed by atoms with E-state index in [2.05, 4.69) is 15.9 Å². The minimum Gasteiger partial charge on any atom is -0.493 e. The Bertz CT molecular complexity index is 456. The maximum atomic E-state index is 10.5. The molecule has 2 N–H and O–H groups in total. The number of aliphatic hydroxyl groups is 1. The lowest BCUT2D eigenvalue weighted by atomic mass is 10.2. The van der Waals surface area contributed by atoms with Crippen molar-refractivity contribution >= 4 is 28.0 Å². The number of rotatable bonds is 6. The van der Waals surface area contributed by atoms with E-state index in [9.17, 15) is 4.79 Å². The first-order valence-electron chi connectivity index (χ1n) is 5.10. The van der Waals surface area contributed by atoms with Crippen molar-refractivity contribution in [2.24, 2.45) is 0 Å². The molecule has 1 aromatic carbocycles. The van der Waals surface area contributed by atoms with Crippen molar-refractivity contribution in [1.29, 1.82) is 0 Å². The third-order valence-electron chi connectivity index (χ3n) is 2.04. The highest BCUT2D eigenvalue weighted by atomic mass is 79.9. The molecule has 0 fully saturated rings. The quantitative estimate of drug-likeness (QED) is 0.784. The summed E-state index contributed by atoms with van der Waals surface area (Å²) < 4.78 is 11.1. The Balaban J connectivity index is 3.05. The smallest absolute Gasteiger partial charge is 0.328 e. The van der Waals surface area contributed by atoms with Gasteiger partial charge in [-0.05, 0) is 23.8 Å². The van der Waals surface area contributed by atoms with Crippen LogP contribution in [0.4, 0.5) is 0 Å². The average molecular weight is 317 g/mol. The van der Waals surface area contributed by atoms with Crippen LogP contribution >= 0.6 is 15.9 Å². The second-order valence-corrected chi connectivity index (χ2v) is 4.12. The summed E-state index contributed by atoms with van der Waals surface area (Å²) in [4.78, 5) is 10.5. The molecule has 0 spiro atoms. The fourth-order valence-electron chi connectivity index (χ4n) is 1.27. The van der Waals surface area contributed by atoms with Gasteiger partial charge in [0.1, 0.15) is 6.61 Å². The van der Waals surface area contributed by atoms with Gasteiger partial charge in [0, 0.05) is 10.5 Å². The summed E-state index contributed by atoms with van der Waals surface area (Å²) in [5.74, 6) is -0.0796. The molecule has 0 radical (unpaired) electrons. The van der Waals surface area contributed by atoms with Crippen LogP contribution in [0.1, 0.15) is 5.56 Å². The zero-order valence-corrected chi connectivity index (χ0v) is 11.3. The zero-order chi connectivity index (χ0) is 13.5.